The molecule has 2 aliphatic rings. The molecule has 5 rings (SSSR count). The zero-order valence-corrected chi connectivity index (χ0v) is 16.9. The lowest BCUT2D eigenvalue weighted by molar-refractivity contribution is -0.124. The van der Waals surface area contributed by atoms with Gasteiger partial charge in [0.1, 0.15) is 5.82 Å². The molecule has 0 saturated carbocycles. The Labute approximate surface area is 174 Å². The number of nitrogens with one attached hydrogen (secondary N) is 1. The Morgan fingerprint density at radius 1 is 1.13 bits per heavy atom. The molecule has 8 heteroatoms. The second-order valence-electron chi connectivity index (χ2n) is 8.12. The quantitative estimate of drug-likeness (QED) is 0.689. The molecule has 4 heterocycles. The topological polar surface area (TPSA) is 106 Å². The summed E-state index contributed by atoms with van der Waals surface area (Å²) in [6.45, 7) is 3.51. The van der Waals surface area contributed by atoms with Gasteiger partial charge < -0.3 is 20.7 Å². The van der Waals surface area contributed by atoms with E-state index in [0.29, 0.717) is 28.4 Å². The van der Waals surface area contributed by atoms with E-state index in [1.165, 1.54) is 0 Å². The van der Waals surface area contributed by atoms with E-state index in [0.717, 1.165) is 55.8 Å². The number of fused-ring (bicyclic) bond motifs is 1. The number of hydrogen-bond donors (Lipinski definition) is 2. The van der Waals surface area contributed by atoms with Crippen LogP contribution in [0.2, 0.25) is 0 Å². The molecule has 0 bridgehead atoms. The highest BCUT2D eigenvalue weighted by Crippen LogP contribution is 2.39. The van der Waals surface area contributed by atoms with E-state index in [1.807, 2.05) is 30.3 Å². The van der Waals surface area contributed by atoms with Gasteiger partial charge in [-0.1, -0.05) is 12.1 Å². The van der Waals surface area contributed by atoms with Gasteiger partial charge in [-0.05, 0) is 37.1 Å². The minimum atomic E-state index is -0.133. The average Bonchev–Trinajstić information content (AvgIpc) is 2.77. The van der Waals surface area contributed by atoms with Crippen LogP contribution in [-0.4, -0.2) is 54.2 Å². The van der Waals surface area contributed by atoms with Crippen molar-refractivity contribution in [3.05, 3.63) is 42.0 Å². The number of carbonyl (C=O) groups excluding carboxylic acids is 1. The van der Waals surface area contributed by atoms with Crippen LogP contribution >= 0.6 is 0 Å². The van der Waals surface area contributed by atoms with Crippen LogP contribution < -0.4 is 16.0 Å². The number of nitrogen functional groups attached to an aromatic ring is 1. The first-order valence-electron chi connectivity index (χ1n) is 10.2. The monoisotopic (exact) mass is 404 g/mol. The van der Waals surface area contributed by atoms with Crippen LogP contribution in [0.5, 0.6) is 0 Å². The molecule has 0 atom stereocenters. The number of nitrogens with two attached hydrogens (primary N) is 1. The highest BCUT2D eigenvalue weighted by molar-refractivity contribution is 5.95. The van der Waals surface area contributed by atoms with Crippen molar-refractivity contribution >= 4 is 28.7 Å². The lowest BCUT2D eigenvalue weighted by atomic mass is 9.77. The van der Waals surface area contributed by atoms with Gasteiger partial charge in [-0.15, -0.1) is 0 Å². The summed E-state index contributed by atoms with van der Waals surface area (Å²) in [7, 11) is 1.62. The van der Waals surface area contributed by atoms with Crippen LogP contribution in [0.4, 0.5) is 11.8 Å². The molecule has 1 amide bonds. The summed E-state index contributed by atoms with van der Waals surface area (Å²) in [5.74, 6) is 0.922. The summed E-state index contributed by atoms with van der Waals surface area (Å²) in [5, 5.41) is 3.37. The van der Waals surface area contributed by atoms with E-state index in [4.69, 9.17) is 20.4 Å². The number of anilines is 2. The molecule has 3 N–H and O–H groups in total. The molecule has 1 aromatic carbocycles. The second-order valence-corrected chi connectivity index (χ2v) is 8.12. The van der Waals surface area contributed by atoms with E-state index in [9.17, 15) is 4.79 Å². The molecule has 30 heavy (non-hydrogen) atoms. The predicted octanol–water partition coefficient (Wildman–Crippen LogP) is 2.25. The molecule has 2 aromatic heterocycles. The predicted molar refractivity (Wildman–Crippen MR) is 115 cm³/mol. The molecule has 2 aliphatic heterocycles. The Morgan fingerprint density at radius 2 is 1.93 bits per heavy atom. The summed E-state index contributed by atoms with van der Waals surface area (Å²) in [6, 6.07) is 11.1. The third kappa shape index (κ3) is 3.23. The van der Waals surface area contributed by atoms with E-state index in [-0.39, 0.29) is 5.91 Å². The van der Waals surface area contributed by atoms with E-state index in [2.05, 4.69) is 15.2 Å². The highest BCUT2D eigenvalue weighted by Gasteiger charge is 2.41. The minimum absolute atomic E-state index is 0.133. The van der Waals surface area contributed by atoms with Crippen LogP contribution in [0, 0.1) is 5.41 Å². The standard InChI is InChI=1S/C22H24N6O2/c1-24-20(29)15-4-2-3-14(11-15)17-6-5-16-18(23)26-21(27-19(16)25-17)28-9-7-22(8-10-28)12-30-13-22/h2-6,11H,7-10,12-13H2,1H3,(H,24,29)(H2,23,25,26,27). The molecular formula is C22H24N6O2. The van der Waals surface area contributed by atoms with Crippen molar-refractivity contribution in [3.8, 4) is 11.3 Å². The van der Waals surface area contributed by atoms with Crippen molar-refractivity contribution in [3.63, 3.8) is 0 Å². The van der Waals surface area contributed by atoms with Crippen LogP contribution in [0.1, 0.15) is 23.2 Å². The first-order chi connectivity index (χ1) is 14.6. The van der Waals surface area contributed by atoms with Gasteiger partial charge in [0.2, 0.25) is 5.95 Å². The molecular weight excluding hydrogens is 380 g/mol. The van der Waals surface area contributed by atoms with Crippen LogP contribution in [0.25, 0.3) is 22.3 Å². The number of piperidine rings is 1. The van der Waals surface area contributed by atoms with E-state index in [1.54, 1.807) is 13.1 Å². The molecule has 0 aliphatic carbocycles. The number of rotatable bonds is 3. The van der Waals surface area contributed by atoms with Crippen molar-refractivity contribution in [2.75, 3.05) is 44.0 Å². The van der Waals surface area contributed by atoms with Gasteiger partial charge in [-0.2, -0.15) is 9.97 Å². The van der Waals surface area contributed by atoms with Crippen LogP contribution in [0.15, 0.2) is 36.4 Å². The third-order valence-electron chi connectivity index (χ3n) is 6.15. The van der Waals surface area contributed by atoms with Gasteiger partial charge in [-0.3, -0.25) is 4.79 Å². The summed E-state index contributed by atoms with van der Waals surface area (Å²) in [4.78, 5) is 28.1. The van der Waals surface area contributed by atoms with Crippen molar-refractivity contribution in [2.24, 2.45) is 5.41 Å². The summed E-state index contributed by atoms with van der Waals surface area (Å²) < 4.78 is 5.41. The zero-order valence-electron chi connectivity index (χ0n) is 16.9. The van der Waals surface area contributed by atoms with E-state index >= 15 is 0 Å². The fourth-order valence-electron chi connectivity index (χ4n) is 4.15. The SMILES string of the molecule is CNC(=O)c1cccc(-c2ccc3c(N)nc(N4CCC5(CC4)COC5)nc3n2)c1. The van der Waals surface area contributed by atoms with Crippen LogP contribution in [0.3, 0.4) is 0 Å². The Bertz CT molecular complexity index is 1120. The minimum Gasteiger partial charge on any atom is -0.383 e. The molecule has 8 nitrogen and oxygen atoms in total. The number of nitrogens with zero attached hydrogens (tertiary/aromatic N) is 4. The molecule has 1 spiro atoms. The number of benzene rings is 1. The Morgan fingerprint density at radius 3 is 2.63 bits per heavy atom. The molecule has 3 aromatic rings. The van der Waals surface area contributed by atoms with Gasteiger partial charge in [0.15, 0.2) is 5.65 Å². The fraction of sp³-hybridized carbons (Fsp3) is 0.364. The number of hydrogen-bond acceptors (Lipinski definition) is 7. The van der Waals surface area contributed by atoms with Crippen molar-refractivity contribution < 1.29 is 9.53 Å². The third-order valence-corrected chi connectivity index (χ3v) is 6.15. The highest BCUT2D eigenvalue weighted by atomic mass is 16.5. The maximum Gasteiger partial charge on any atom is 0.251 e. The van der Waals surface area contributed by atoms with E-state index < -0.39 is 0 Å². The number of ether oxygens (including phenoxy) is 1. The smallest absolute Gasteiger partial charge is 0.251 e. The summed E-state index contributed by atoms with van der Waals surface area (Å²) in [5.41, 5.74) is 9.32. The first kappa shape index (κ1) is 18.7. The van der Waals surface area contributed by atoms with Crippen LogP contribution in [-0.2, 0) is 4.74 Å². The molecule has 0 radical (unpaired) electrons. The van der Waals surface area contributed by atoms with Gasteiger partial charge in [0, 0.05) is 36.7 Å². The van der Waals surface area contributed by atoms with Gasteiger partial charge in [0.05, 0.1) is 24.3 Å². The number of amides is 1. The summed E-state index contributed by atoms with van der Waals surface area (Å²) in [6.07, 6.45) is 2.15. The molecule has 0 unspecified atom stereocenters. The average molecular weight is 404 g/mol. The fourth-order valence-corrected chi connectivity index (χ4v) is 4.15. The molecule has 154 valence electrons. The summed E-state index contributed by atoms with van der Waals surface area (Å²) >= 11 is 0. The van der Waals surface area contributed by atoms with Gasteiger partial charge >= 0.3 is 0 Å². The molecule has 2 fully saturated rings. The molecule has 2 saturated heterocycles. The largest absolute Gasteiger partial charge is 0.383 e. The van der Waals surface area contributed by atoms with Gasteiger partial charge in [0.25, 0.3) is 5.91 Å². The second kappa shape index (κ2) is 7.21. The Hall–Kier alpha value is -3.26. The maximum absolute atomic E-state index is 12.0. The van der Waals surface area contributed by atoms with Gasteiger partial charge in [-0.25, -0.2) is 4.98 Å². The zero-order chi connectivity index (χ0) is 20.7. The van der Waals surface area contributed by atoms with Crippen molar-refractivity contribution in [1.82, 2.24) is 20.3 Å². The number of aromatic nitrogens is 3. The Balaban J connectivity index is 1.47. The lowest BCUT2D eigenvalue weighted by Crippen LogP contribution is -2.51. The van der Waals surface area contributed by atoms with Crippen molar-refractivity contribution in [2.45, 2.75) is 12.8 Å². The number of carbonyl (C=O) groups is 1. The first-order valence-corrected chi connectivity index (χ1v) is 10.2. The van der Waals surface area contributed by atoms with Crippen molar-refractivity contribution in [1.29, 1.82) is 0 Å². The number of pyridine rings is 1. The Kier molecular flexibility index (Phi) is 4.51. The normalized spacial score (nSPS) is 17.7. The lowest BCUT2D eigenvalue weighted by Gasteiger charge is -2.47. The maximum atomic E-state index is 12.0.